The number of aromatic nitrogens is 1. The highest BCUT2D eigenvalue weighted by Crippen LogP contribution is 2.23. The van der Waals surface area contributed by atoms with E-state index < -0.39 is 35.2 Å². The quantitative estimate of drug-likeness (QED) is 0.689. The monoisotopic (exact) mass is 372 g/mol. The van der Waals surface area contributed by atoms with Gasteiger partial charge < -0.3 is 14.6 Å². The molecule has 6 nitrogen and oxygen atoms in total. The van der Waals surface area contributed by atoms with Gasteiger partial charge in [-0.3, -0.25) is 4.79 Å². The van der Waals surface area contributed by atoms with Crippen molar-refractivity contribution in [2.75, 3.05) is 5.32 Å². The van der Waals surface area contributed by atoms with Crippen molar-refractivity contribution in [3.8, 4) is 0 Å². The second kappa shape index (κ2) is 7.77. The highest BCUT2D eigenvalue weighted by Gasteiger charge is 2.29. The first-order chi connectivity index (χ1) is 13.0. The second-order valence-corrected chi connectivity index (χ2v) is 5.60. The van der Waals surface area contributed by atoms with E-state index in [1.807, 2.05) is 0 Å². The second-order valence-electron chi connectivity index (χ2n) is 5.60. The number of anilines is 1. The zero-order valence-corrected chi connectivity index (χ0v) is 14.1. The molecule has 0 fully saturated rings. The Kier molecular flexibility index (Phi) is 5.25. The zero-order chi connectivity index (χ0) is 19.4. The average molecular weight is 372 g/mol. The van der Waals surface area contributed by atoms with Gasteiger partial charge in [0.25, 0.3) is 5.91 Å². The minimum atomic E-state index is -1.45. The molecule has 0 saturated carbocycles. The number of amides is 1. The molecule has 1 unspecified atom stereocenters. The molecular formula is C19H14F2N2O4. The van der Waals surface area contributed by atoms with E-state index in [0.717, 1.165) is 18.2 Å². The average Bonchev–Trinajstić information content (AvgIpc) is 3.05. The number of aryl methyl sites for hydroxylation is 1. The van der Waals surface area contributed by atoms with Crippen molar-refractivity contribution in [3.05, 3.63) is 83.1 Å². The third-order valence-electron chi connectivity index (χ3n) is 3.61. The molecule has 1 amide bonds. The van der Waals surface area contributed by atoms with E-state index in [-0.39, 0.29) is 5.82 Å². The summed E-state index contributed by atoms with van der Waals surface area (Å²) >= 11 is 0. The SMILES string of the molecule is Cc1cc(NC(=O)C(OC(=O)c2c(F)cccc2F)c2ccccc2)no1. The van der Waals surface area contributed by atoms with Crippen LogP contribution in [0.1, 0.15) is 27.8 Å². The number of halogens is 2. The predicted octanol–water partition coefficient (Wildman–Crippen LogP) is 3.80. The number of carbonyl (C=O) groups is 2. The number of nitrogens with zero attached hydrogens (tertiary/aromatic N) is 1. The molecule has 3 rings (SSSR count). The molecule has 138 valence electrons. The van der Waals surface area contributed by atoms with Gasteiger partial charge in [0.2, 0.25) is 6.10 Å². The molecule has 27 heavy (non-hydrogen) atoms. The van der Waals surface area contributed by atoms with Gasteiger partial charge in [-0.05, 0) is 19.1 Å². The number of benzene rings is 2. The molecule has 3 aromatic rings. The molecule has 1 N–H and O–H groups in total. The van der Waals surface area contributed by atoms with Crippen LogP contribution >= 0.6 is 0 Å². The maximum atomic E-state index is 13.8. The molecule has 1 atom stereocenters. The Morgan fingerprint density at radius 1 is 1.07 bits per heavy atom. The molecule has 0 bridgehead atoms. The van der Waals surface area contributed by atoms with Crippen LogP contribution < -0.4 is 5.32 Å². The van der Waals surface area contributed by atoms with Gasteiger partial charge in [0.1, 0.15) is 23.0 Å². The fourth-order valence-electron chi connectivity index (χ4n) is 2.38. The fourth-order valence-corrected chi connectivity index (χ4v) is 2.38. The summed E-state index contributed by atoms with van der Waals surface area (Å²) in [6, 6.07) is 12.5. The summed E-state index contributed by atoms with van der Waals surface area (Å²) < 4.78 is 37.7. The molecular weight excluding hydrogens is 358 g/mol. The number of hydrogen-bond donors (Lipinski definition) is 1. The van der Waals surface area contributed by atoms with Crippen LogP contribution in [0.5, 0.6) is 0 Å². The Morgan fingerprint density at radius 2 is 1.74 bits per heavy atom. The normalized spacial score (nSPS) is 11.7. The van der Waals surface area contributed by atoms with Crippen molar-refractivity contribution < 1.29 is 27.6 Å². The Bertz CT molecular complexity index is 953. The Morgan fingerprint density at radius 3 is 2.33 bits per heavy atom. The molecule has 0 aliphatic carbocycles. The van der Waals surface area contributed by atoms with Gasteiger partial charge in [-0.25, -0.2) is 13.6 Å². The molecule has 0 aliphatic heterocycles. The van der Waals surface area contributed by atoms with Crippen LogP contribution in [0.3, 0.4) is 0 Å². The van der Waals surface area contributed by atoms with Crippen molar-refractivity contribution in [2.45, 2.75) is 13.0 Å². The van der Waals surface area contributed by atoms with E-state index in [0.29, 0.717) is 11.3 Å². The van der Waals surface area contributed by atoms with Crippen molar-refractivity contribution in [1.82, 2.24) is 5.16 Å². The molecule has 0 spiro atoms. The van der Waals surface area contributed by atoms with Crippen molar-refractivity contribution in [2.24, 2.45) is 0 Å². The fraction of sp³-hybridized carbons (Fsp3) is 0.105. The maximum Gasteiger partial charge on any atom is 0.345 e. The first-order valence-electron chi connectivity index (χ1n) is 7.90. The van der Waals surface area contributed by atoms with Gasteiger partial charge in [-0.2, -0.15) is 0 Å². The molecule has 0 radical (unpaired) electrons. The van der Waals surface area contributed by atoms with Gasteiger partial charge in [0, 0.05) is 11.6 Å². The number of hydrogen-bond acceptors (Lipinski definition) is 5. The number of esters is 1. The lowest BCUT2D eigenvalue weighted by Gasteiger charge is -2.17. The summed E-state index contributed by atoms with van der Waals surface area (Å²) in [5, 5.41) is 6.07. The number of ether oxygens (including phenoxy) is 1. The maximum absolute atomic E-state index is 13.8. The lowest BCUT2D eigenvalue weighted by atomic mass is 10.1. The number of rotatable bonds is 5. The van der Waals surface area contributed by atoms with E-state index in [1.54, 1.807) is 37.3 Å². The van der Waals surface area contributed by atoms with Crippen LogP contribution in [0.15, 0.2) is 59.1 Å². The molecule has 2 aromatic carbocycles. The standard InChI is InChI=1S/C19H14F2N2O4/c1-11-10-15(23-27-11)22-18(24)17(12-6-3-2-4-7-12)26-19(25)16-13(20)8-5-9-14(16)21/h2-10,17H,1H3,(H,22,23,24). The van der Waals surface area contributed by atoms with Gasteiger partial charge in [0.15, 0.2) is 5.82 Å². The summed E-state index contributed by atoms with van der Waals surface area (Å²) in [4.78, 5) is 24.9. The van der Waals surface area contributed by atoms with Crippen molar-refractivity contribution in [1.29, 1.82) is 0 Å². The molecule has 1 aromatic heterocycles. The molecule has 0 saturated heterocycles. The van der Waals surface area contributed by atoms with Gasteiger partial charge in [0.05, 0.1) is 0 Å². The molecule has 8 heteroatoms. The van der Waals surface area contributed by atoms with Crippen LogP contribution in [-0.2, 0) is 9.53 Å². The third kappa shape index (κ3) is 4.17. The zero-order valence-electron chi connectivity index (χ0n) is 14.1. The van der Waals surface area contributed by atoms with Gasteiger partial charge in [-0.1, -0.05) is 41.6 Å². The first kappa shape index (κ1) is 18.2. The van der Waals surface area contributed by atoms with Crippen LogP contribution in [0.25, 0.3) is 0 Å². The molecule has 0 aliphatic rings. The topological polar surface area (TPSA) is 81.4 Å². The van der Waals surface area contributed by atoms with E-state index in [2.05, 4.69) is 10.5 Å². The number of carbonyl (C=O) groups excluding carboxylic acids is 2. The minimum absolute atomic E-state index is 0.117. The summed E-state index contributed by atoms with van der Waals surface area (Å²) in [7, 11) is 0. The lowest BCUT2D eigenvalue weighted by Crippen LogP contribution is -2.26. The summed E-state index contributed by atoms with van der Waals surface area (Å²) in [6.07, 6.45) is -1.45. The van der Waals surface area contributed by atoms with E-state index in [9.17, 15) is 18.4 Å². The van der Waals surface area contributed by atoms with E-state index in [4.69, 9.17) is 9.26 Å². The summed E-state index contributed by atoms with van der Waals surface area (Å²) in [6.45, 7) is 1.64. The predicted molar refractivity (Wildman–Crippen MR) is 90.8 cm³/mol. The highest BCUT2D eigenvalue weighted by molar-refractivity contribution is 5.97. The van der Waals surface area contributed by atoms with Crippen LogP contribution in [0.4, 0.5) is 14.6 Å². The third-order valence-corrected chi connectivity index (χ3v) is 3.61. The van der Waals surface area contributed by atoms with Gasteiger partial charge >= 0.3 is 5.97 Å². The highest BCUT2D eigenvalue weighted by atomic mass is 19.1. The van der Waals surface area contributed by atoms with Crippen LogP contribution in [-0.4, -0.2) is 17.0 Å². The summed E-state index contributed by atoms with van der Waals surface area (Å²) in [5.74, 6) is -3.64. The van der Waals surface area contributed by atoms with Crippen molar-refractivity contribution in [3.63, 3.8) is 0 Å². The Hall–Kier alpha value is -3.55. The number of nitrogens with one attached hydrogen (secondary N) is 1. The van der Waals surface area contributed by atoms with Crippen LogP contribution in [0, 0.1) is 18.6 Å². The van der Waals surface area contributed by atoms with Crippen molar-refractivity contribution >= 4 is 17.7 Å². The smallest absolute Gasteiger partial charge is 0.345 e. The van der Waals surface area contributed by atoms with Crippen LogP contribution in [0.2, 0.25) is 0 Å². The Labute approximate surface area is 152 Å². The largest absolute Gasteiger partial charge is 0.444 e. The Balaban J connectivity index is 1.88. The van der Waals surface area contributed by atoms with E-state index in [1.165, 1.54) is 6.07 Å². The van der Waals surface area contributed by atoms with E-state index >= 15 is 0 Å². The molecule has 1 heterocycles. The first-order valence-corrected chi connectivity index (χ1v) is 7.90. The minimum Gasteiger partial charge on any atom is -0.444 e. The summed E-state index contributed by atoms with van der Waals surface area (Å²) in [5.41, 5.74) is -0.552. The lowest BCUT2D eigenvalue weighted by molar-refractivity contribution is -0.125. The van der Waals surface area contributed by atoms with Gasteiger partial charge in [-0.15, -0.1) is 0 Å².